The summed E-state index contributed by atoms with van der Waals surface area (Å²) in [6, 6.07) is 7.26. The molecule has 2 aromatic rings. The van der Waals surface area contributed by atoms with Crippen LogP contribution < -0.4 is 5.90 Å². The fourth-order valence-corrected chi connectivity index (χ4v) is 2.30. The molecular formula is C10H10NO5S+2. The van der Waals surface area contributed by atoms with Crippen LogP contribution in [0.1, 0.15) is 0 Å². The van der Waals surface area contributed by atoms with Crippen LogP contribution in [0.5, 0.6) is 11.5 Å². The molecule has 0 spiro atoms. The Hall–Kier alpha value is -1.67. The summed E-state index contributed by atoms with van der Waals surface area (Å²) < 4.78 is 27.0. The third-order valence-electron chi connectivity index (χ3n) is 2.38. The molecule has 0 aliphatic heterocycles. The number of benzene rings is 2. The van der Waals surface area contributed by atoms with E-state index >= 15 is 0 Å². The highest BCUT2D eigenvalue weighted by Crippen LogP contribution is 2.39. The Kier molecular flexibility index (Phi) is 2.76. The van der Waals surface area contributed by atoms with E-state index in [0.29, 0.717) is 5.39 Å². The third-order valence-corrected chi connectivity index (χ3v) is 3.54. The van der Waals surface area contributed by atoms with E-state index in [4.69, 9.17) is 0 Å². The number of rotatable bonds is 2. The quantitative estimate of drug-likeness (QED) is 0.413. The van der Waals surface area contributed by atoms with Gasteiger partial charge in [-0.05, 0) is 4.21 Å². The van der Waals surface area contributed by atoms with Crippen molar-refractivity contribution in [2.75, 3.05) is 0 Å². The first kappa shape index (κ1) is 11.8. The average molecular weight is 256 g/mol. The number of hydrogen-bond donors (Lipinski definition) is 3. The molecule has 0 fully saturated rings. The van der Waals surface area contributed by atoms with Gasteiger partial charge in [0.1, 0.15) is 5.75 Å². The Bertz CT molecular complexity index is 627. The minimum atomic E-state index is -4.16. The minimum Gasteiger partial charge on any atom is -0.507 e. The topological polar surface area (TPSA) is 114 Å². The molecule has 0 aliphatic rings. The second kappa shape index (κ2) is 3.97. The minimum absolute atomic E-state index is 0.225. The second-order valence-electron chi connectivity index (χ2n) is 3.36. The molecule has 5 N–H and O–H groups in total. The molecule has 7 heteroatoms. The summed E-state index contributed by atoms with van der Waals surface area (Å²) >= 11 is 0. The van der Waals surface area contributed by atoms with Crippen molar-refractivity contribution in [2.45, 2.75) is 4.90 Å². The molecule has 1 atom stereocenters. The first-order valence-corrected chi connectivity index (χ1v) is 6.00. The number of phenols is 2. The lowest BCUT2D eigenvalue weighted by Crippen LogP contribution is -2.52. The number of phenolic OH excluding ortho intramolecular Hbond substituents is 2. The number of fused-ring (bicyclic) bond motifs is 1. The second-order valence-corrected chi connectivity index (χ2v) is 4.94. The molecule has 0 aromatic heterocycles. The molecular weight excluding hydrogens is 246 g/mol. The Labute approximate surface area is 97.7 Å². The molecule has 17 heavy (non-hydrogen) atoms. The van der Waals surface area contributed by atoms with Gasteiger partial charge < -0.3 is 10.2 Å². The van der Waals surface area contributed by atoms with Gasteiger partial charge >= 0.3 is 10.5 Å². The number of quaternary nitrogens is 1. The van der Waals surface area contributed by atoms with Crippen LogP contribution in [0.2, 0.25) is 0 Å². The zero-order valence-corrected chi connectivity index (χ0v) is 9.44. The molecule has 89 valence electrons. The predicted molar refractivity (Wildman–Crippen MR) is 58.3 cm³/mol. The summed E-state index contributed by atoms with van der Waals surface area (Å²) in [6.07, 6.45) is 0. The van der Waals surface area contributed by atoms with Gasteiger partial charge in [-0.2, -0.15) is 5.90 Å². The maximum Gasteiger partial charge on any atom is 0.486 e. The molecule has 6 nitrogen and oxygen atoms in total. The van der Waals surface area contributed by atoms with Crippen LogP contribution >= 0.6 is 0 Å². The first-order valence-electron chi connectivity index (χ1n) is 4.59. The lowest BCUT2D eigenvalue weighted by molar-refractivity contribution is -0.637. The van der Waals surface area contributed by atoms with Gasteiger partial charge in [0.05, 0.1) is 8.84 Å². The van der Waals surface area contributed by atoms with Crippen LogP contribution in [0.3, 0.4) is 0 Å². The van der Waals surface area contributed by atoms with Crippen molar-refractivity contribution in [3.05, 3.63) is 30.3 Å². The molecule has 0 aliphatic carbocycles. The molecule has 2 rings (SSSR count). The SMILES string of the molecule is [NH3+]O[S+]([O])(=O)c1cc(O)c2ccccc2c1O. The van der Waals surface area contributed by atoms with Crippen LogP contribution in [0.4, 0.5) is 0 Å². The van der Waals surface area contributed by atoms with Gasteiger partial charge in [0.25, 0.3) is 4.90 Å². The first-order chi connectivity index (χ1) is 7.97. The molecule has 1 radical (unpaired) electrons. The van der Waals surface area contributed by atoms with Crippen molar-refractivity contribution >= 4 is 21.3 Å². The fourth-order valence-electron chi connectivity index (χ4n) is 1.57. The van der Waals surface area contributed by atoms with Crippen LogP contribution in [0.25, 0.3) is 10.8 Å². The zero-order valence-electron chi connectivity index (χ0n) is 8.62. The van der Waals surface area contributed by atoms with E-state index in [2.05, 4.69) is 10.2 Å². The molecule has 0 amide bonds. The van der Waals surface area contributed by atoms with E-state index in [9.17, 15) is 19.0 Å². The summed E-state index contributed by atoms with van der Waals surface area (Å²) in [5, 5.41) is 20.1. The molecule has 0 heterocycles. The Morgan fingerprint density at radius 3 is 2.35 bits per heavy atom. The lowest BCUT2D eigenvalue weighted by Gasteiger charge is -2.05. The normalized spacial score (nSPS) is 14.7. The molecule has 0 bridgehead atoms. The maximum absolute atomic E-state index is 11.5. The summed E-state index contributed by atoms with van der Waals surface area (Å²) in [5.74, 6) is 2.08. The van der Waals surface area contributed by atoms with Crippen molar-refractivity contribution in [2.24, 2.45) is 0 Å². The van der Waals surface area contributed by atoms with Gasteiger partial charge in [0, 0.05) is 16.8 Å². The van der Waals surface area contributed by atoms with Gasteiger partial charge in [0.15, 0.2) is 5.75 Å². The Morgan fingerprint density at radius 1 is 1.18 bits per heavy atom. The third kappa shape index (κ3) is 1.85. The van der Waals surface area contributed by atoms with Gasteiger partial charge in [0.2, 0.25) is 0 Å². The standard InChI is InChI=1S/C10H9NO5S/c11-16-17(14,15)9-5-8(12)6-3-1-2-4-7(6)10(9)13/h1-5H,11H3,(H-,12,13,14)/q+1/p+1. The molecule has 2 aromatic carbocycles. The van der Waals surface area contributed by atoms with Gasteiger partial charge in [-0.3, -0.25) is 0 Å². The van der Waals surface area contributed by atoms with E-state index < -0.39 is 21.1 Å². The van der Waals surface area contributed by atoms with Crippen LogP contribution in [-0.2, 0) is 23.5 Å². The number of hydrogen-bond acceptors (Lipinski definition) is 4. The monoisotopic (exact) mass is 256 g/mol. The highest BCUT2D eigenvalue weighted by Gasteiger charge is 2.41. The van der Waals surface area contributed by atoms with Crippen molar-refractivity contribution in [3.63, 3.8) is 0 Å². The van der Waals surface area contributed by atoms with E-state index in [1.54, 1.807) is 18.2 Å². The van der Waals surface area contributed by atoms with E-state index in [-0.39, 0.29) is 11.1 Å². The predicted octanol–water partition coefficient (Wildman–Crippen LogP) is 0.543. The molecule has 1 unspecified atom stereocenters. The molecule has 0 saturated carbocycles. The Morgan fingerprint density at radius 2 is 1.76 bits per heavy atom. The summed E-state index contributed by atoms with van der Waals surface area (Å²) in [6.45, 7) is 0. The van der Waals surface area contributed by atoms with Gasteiger partial charge in [-0.15, -0.1) is 0 Å². The maximum atomic E-state index is 11.5. The highest BCUT2D eigenvalue weighted by molar-refractivity contribution is 7.93. The Balaban J connectivity index is 2.85. The summed E-state index contributed by atoms with van der Waals surface area (Å²) in [7, 11) is -4.16. The van der Waals surface area contributed by atoms with E-state index in [1.165, 1.54) is 6.07 Å². The number of aromatic hydroxyl groups is 2. The zero-order chi connectivity index (χ0) is 12.6. The van der Waals surface area contributed by atoms with Crippen molar-refractivity contribution in [1.29, 1.82) is 0 Å². The largest absolute Gasteiger partial charge is 0.507 e. The van der Waals surface area contributed by atoms with Gasteiger partial charge in [-0.1, -0.05) is 24.3 Å². The van der Waals surface area contributed by atoms with Crippen LogP contribution in [0, 0.1) is 0 Å². The smallest absolute Gasteiger partial charge is 0.486 e. The summed E-state index contributed by atoms with van der Waals surface area (Å²) in [5.41, 5.74) is 0. The fraction of sp³-hybridized carbons (Fsp3) is 0. The van der Waals surface area contributed by atoms with E-state index in [0.717, 1.165) is 6.07 Å². The van der Waals surface area contributed by atoms with Crippen molar-refractivity contribution in [3.8, 4) is 11.5 Å². The van der Waals surface area contributed by atoms with E-state index in [1.807, 2.05) is 0 Å². The van der Waals surface area contributed by atoms with Gasteiger partial charge in [-0.25, -0.2) is 0 Å². The van der Waals surface area contributed by atoms with Crippen LogP contribution in [-0.4, -0.2) is 10.2 Å². The van der Waals surface area contributed by atoms with Crippen LogP contribution in [0.15, 0.2) is 35.2 Å². The lowest BCUT2D eigenvalue weighted by atomic mass is 10.1. The molecule has 0 saturated heterocycles. The highest BCUT2D eigenvalue weighted by atomic mass is 32.3. The van der Waals surface area contributed by atoms with Crippen molar-refractivity contribution in [1.82, 2.24) is 0 Å². The average Bonchev–Trinajstić information content (AvgIpc) is 2.33. The summed E-state index contributed by atoms with van der Waals surface area (Å²) in [4.78, 5) is -0.510. The van der Waals surface area contributed by atoms with Crippen molar-refractivity contribution < 1.29 is 29.2 Å².